The summed E-state index contributed by atoms with van der Waals surface area (Å²) in [6, 6.07) is 18.2. The fourth-order valence-corrected chi connectivity index (χ4v) is 3.01. The summed E-state index contributed by atoms with van der Waals surface area (Å²) in [6.07, 6.45) is 1.03. The van der Waals surface area contributed by atoms with Gasteiger partial charge >= 0.3 is 0 Å². The first-order chi connectivity index (χ1) is 9.26. The minimum atomic E-state index is -0.978. The van der Waals surface area contributed by atoms with Gasteiger partial charge < -0.3 is 5.11 Å². The standard InChI is InChI=1S/C17H19NO/c1-2-12-18-13-14-8-6-7-11-16(14)17(18,19)15-9-4-3-5-10-15/h3-11,19H,2,12-13H2,1H3. The van der Waals surface area contributed by atoms with Crippen molar-refractivity contribution in [3.05, 3.63) is 71.3 Å². The Morgan fingerprint density at radius 2 is 1.74 bits per heavy atom. The van der Waals surface area contributed by atoms with Crippen molar-refractivity contribution in [3.8, 4) is 0 Å². The molecule has 1 unspecified atom stereocenters. The number of aliphatic hydroxyl groups is 1. The molecule has 0 aromatic heterocycles. The van der Waals surface area contributed by atoms with Gasteiger partial charge in [-0.1, -0.05) is 61.5 Å². The van der Waals surface area contributed by atoms with Gasteiger partial charge in [0.1, 0.15) is 0 Å². The predicted octanol–water partition coefficient (Wildman–Crippen LogP) is 3.11. The Balaban J connectivity index is 2.14. The normalized spacial score (nSPS) is 22.4. The summed E-state index contributed by atoms with van der Waals surface area (Å²) in [5.41, 5.74) is 2.22. The minimum absolute atomic E-state index is 0.815. The van der Waals surface area contributed by atoms with Crippen LogP contribution in [0.3, 0.4) is 0 Å². The molecule has 0 bridgehead atoms. The Morgan fingerprint density at radius 3 is 2.47 bits per heavy atom. The highest BCUT2D eigenvalue weighted by Crippen LogP contribution is 2.41. The van der Waals surface area contributed by atoms with Gasteiger partial charge in [0.2, 0.25) is 0 Å². The molecule has 19 heavy (non-hydrogen) atoms. The molecular weight excluding hydrogens is 234 g/mol. The van der Waals surface area contributed by atoms with E-state index < -0.39 is 5.72 Å². The first-order valence-corrected chi connectivity index (χ1v) is 6.88. The van der Waals surface area contributed by atoms with E-state index in [1.54, 1.807) is 0 Å². The van der Waals surface area contributed by atoms with Gasteiger partial charge in [-0.05, 0) is 12.0 Å². The van der Waals surface area contributed by atoms with Gasteiger partial charge in [0.25, 0.3) is 0 Å². The zero-order valence-electron chi connectivity index (χ0n) is 11.2. The third-order valence-corrected chi connectivity index (χ3v) is 3.88. The van der Waals surface area contributed by atoms with Gasteiger partial charge in [-0.15, -0.1) is 0 Å². The predicted molar refractivity (Wildman–Crippen MR) is 76.6 cm³/mol. The lowest BCUT2D eigenvalue weighted by atomic mass is 9.94. The molecule has 1 N–H and O–H groups in total. The maximum atomic E-state index is 11.3. The molecule has 1 aliphatic rings. The van der Waals surface area contributed by atoms with E-state index in [4.69, 9.17) is 0 Å². The number of hydrogen-bond acceptors (Lipinski definition) is 2. The highest BCUT2D eigenvalue weighted by Gasteiger charge is 2.44. The van der Waals surface area contributed by atoms with E-state index in [2.05, 4.69) is 17.9 Å². The second kappa shape index (κ2) is 4.80. The minimum Gasteiger partial charge on any atom is -0.367 e. The molecule has 0 radical (unpaired) electrons. The lowest BCUT2D eigenvalue weighted by molar-refractivity contribution is -0.0699. The Morgan fingerprint density at radius 1 is 1.05 bits per heavy atom. The van der Waals surface area contributed by atoms with Crippen LogP contribution in [0.25, 0.3) is 0 Å². The molecule has 0 spiro atoms. The van der Waals surface area contributed by atoms with Crippen molar-refractivity contribution in [1.29, 1.82) is 0 Å². The molecule has 1 aliphatic heterocycles. The molecule has 0 amide bonds. The smallest absolute Gasteiger partial charge is 0.171 e. The lowest BCUT2D eigenvalue weighted by Crippen LogP contribution is -2.42. The molecule has 1 heterocycles. The maximum Gasteiger partial charge on any atom is 0.171 e. The van der Waals surface area contributed by atoms with Crippen LogP contribution >= 0.6 is 0 Å². The third kappa shape index (κ3) is 1.88. The fourth-order valence-electron chi connectivity index (χ4n) is 3.01. The largest absolute Gasteiger partial charge is 0.367 e. The van der Waals surface area contributed by atoms with E-state index in [1.807, 2.05) is 48.5 Å². The van der Waals surface area contributed by atoms with Crippen molar-refractivity contribution < 1.29 is 5.11 Å². The summed E-state index contributed by atoms with van der Waals surface area (Å²) >= 11 is 0. The Kier molecular flexibility index (Phi) is 3.13. The van der Waals surface area contributed by atoms with Gasteiger partial charge in [-0.3, -0.25) is 4.90 Å². The summed E-state index contributed by atoms with van der Waals surface area (Å²) in [5.74, 6) is 0. The Labute approximate surface area is 114 Å². The van der Waals surface area contributed by atoms with Crippen LogP contribution in [-0.4, -0.2) is 16.6 Å². The molecule has 0 saturated heterocycles. The number of rotatable bonds is 3. The highest BCUT2D eigenvalue weighted by atomic mass is 16.3. The molecule has 3 rings (SSSR count). The average molecular weight is 253 g/mol. The zero-order valence-corrected chi connectivity index (χ0v) is 11.2. The fraction of sp³-hybridized carbons (Fsp3) is 0.294. The summed E-state index contributed by atoms with van der Waals surface area (Å²) in [4.78, 5) is 2.16. The molecule has 1 atom stereocenters. The quantitative estimate of drug-likeness (QED) is 0.908. The Hall–Kier alpha value is -1.64. The van der Waals surface area contributed by atoms with Crippen molar-refractivity contribution in [2.24, 2.45) is 0 Å². The molecule has 0 saturated carbocycles. The summed E-state index contributed by atoms with van der Waals surface area (Å²) in [7, 11) is 0. The number of benzene rings is 2. The summed E-state index contributed by atoms with van der Waals surface area (Å²) in [5, 5.41) is 11.3. The second-order valence-corrected chi connectivity index (χ2v) is 5.12. The van der Waals surface area contributed by atoms with Crippen LogP contribution in [0.5, 0.6) is 0 Å². The van der Waals surface area contributed by atoms with Crippen LogP contribution in [0.2, 0.25) is 0 Å². The molecule has 2 aromatic carbocycles. The van der Waals surface area contributed by atoms with E-state index in [0.29, 0.717) is 0 Å². The first kappa shape index (κ1) is 12.4. The Bertz CT molecular complexity index is 566. The molecule has 98 valence electrons. The van der Waals surface area contributed by atoms with Gasteiger partial charge in [0.05, 0.1) is 0 Å². The topological polar surface area (TPSA) is 23.5 Å². The van der Waals surface area contributed by atoms with E-state index in [-0.39, 0.29) is 0 Å². The van der Waals surface area contributed by atoms with Gasteiger partial charge in [-0.2, -0.15) is 0 Å². The van der Waals surface area contributed by atoms with E-state index >= 15 is 0 Å². The number of hydrogen-bond donors (Lipinski definition) is 1. The monoisotopic (exact) mass is 253 g/mol. The molecule has 0 aliphatic carbocycles. The van der Waals surface area contributed by atoms with Gasteiger partial charge in [0.15, 0.2) is 5.72 Å². The van der Waals surface area contributed by atoms with Crippen molar-refractivity contribution in [2.75, 3.05) is 6.54 Å². The molecule has 2 nitrogen and oxygen atoms in total. The van der Waals surface area contributed by atoms with Crippen LogP contribution in [-0.2, 0) is 12.3 Å². The van der Waals surface area contributed by atoms with E-state index in [1.165, 1.54) is 5.56 Å². The summed E-state index contributed by atoms with van der Waals surface area (Å²) < 4.78 is 0. The lowest BCUT2D eigenvalue weighted by Gasteiger charge is -2.34. The molecule has 2 heteroatoms. The number of nitrogens with zero attached hydrogens (tertiary/aromatic N) is 1. The van der Waals surface area contributed by atoms with Crippen LogP contribution in [0.15, 0.2) is 54.6 Å². The first-order valence-electron chi connectivity index (χ1n) is 6.88. The summed E-state index contributed by atoms with van der Waals surface area (Å²) in [6.45, 7) is 3.85. The number of fused-ring (bicyclic) bond motifs is 1. The van der Waals surface area contributed by atoms with Crippen LogP contribution in [0, 0.1) is 0 Å². The zero-order chi connectivity index (χ0) is 13.3. The van der Waals surface area contributed by atoms with Crippen molar-refractivity contribution in [2.45, 2.75) is 25.6 Å². The SMILES string of the molecule is CCCN1Cc2ccccc2C1(O)c1ccccc1. The van der Waals surface area contributed by atoms with Gasteiger partial charge in [0, 0.05) is 24.2 Å². The van der Waals surface area contributed by atoms with E-state index in [0.717, 1.165) is 30.6 Å². The second-order valence-electron chi connectivity index (χ2n) is 5.12. The third-order valence-electron chi connectivity index (χ3n) is 3.88. The maximum absolute atomic E-state index is 11.3. The van der Waals surface area contributed by atoms with Crippen LogP contribution in [0.4, 0.5) is 0 Å². The van der Waals surface area contributed by atoms with Crippen molar-refractivity contribution in [1.82, 2.24) is 4.90 Å². The van der Waals surface area contributed by atoms with Crippen molar-refractivity contribution in [3.63, 3.8) is 0 Å². The van der Waals surface area contributed by atoms with Gasteiger partial charge in [-0.25, -0.2) is 0 Å². The molecule has 0 fully saturated rings. The van der Waals surface area contributed by atoms with E-state index in [9.17, 15) is 5.11 Å². The molecule has 2 aromatic rings. The highest BCUT2D eigenvalue weighted by molar-refractivity contribution is 5.44. The van der Waals surface area contributed by atoms with Crippen LogP contribution < -0.4 is 0 Å². The molecular formula is C17H19NO. The average Bonchev–Trinajstić information content (AvgIpc) is 2.75. The van der Waals surface area contributed by atoms with Crippen LogP contribution in [0.1, 0.15) is 30.0 Å². The van der Waals surface area contributed by atoms with Crippen molar-refractivity contribution >= 4 is 0 Å².